The molecule has 1 aromatic carbocycles. The molecule has 5 heteroatoms. The Labute approximate surface area is 105 Å². The molecule has 0 aliphatic heterocycles. The average Bonchev–Trinajstić information content (AvgIpc) is 2.29. The van der Waals surface area contributed by atoms with Crippen LogP contribution in [0.5, 0.6) is 0 Å². The third-order valence-corrected chi connectivity index (χ3v) is 2.55. The molecule has 0 fully saturated rings. The minimum absolute atomic E-state index is 0.0443. The molecule has 0 radical (unpaired) electrons. The second-order valence-corrected chi connectivity index (χ2v) is 4.03. The molecule has 0 bridgehead atoms. The highest BCUT2D eigenvalue weighted by Crippen LogP contribution is 2.03. The summed E-state index contributed by atoms with van der Waals surface area (Å²) in [5.41, 5.74) is 1.07. The van der Waals surface area contributed by atoms with Gasteiger partial charge in [0.05, 0.1) is 0 Å². The van der Waals surface area contributed by atoms with E-state index in [2.05, 4.69) is 0 Å². The van der Waals surface area contributed by atoms with Crippen molar-refractivity contribution in [3.8, 4) is 0 Å². The number of halogens is 1. The lowest BCUT2D eigenvalue weighted by Crippen LogP contribution is -2.33. The molecule has 1 aromatic rings. The molecule has 0 saturated heterocycles. The highest BCUT2D eigenvalue weighted by Gasteiger charge is 2.12. The van der Waals surface area contributed by atoms with E-state index in [4.69, 9.17) is 16.7 Å². The van der Waals surface area contributed by atoms with Crippen LogP contribution in [0.4, 0.5) is 4.79 Å². The summed E-state index contributed by atoms with van der Waals surface area (Å²) in [6.07, 6.45) is -0.356. The average molecular weight is 256 g/mol. The van der Waals surface area contributed by atoms with Gasteiger partial charge in [-0.15, -0.1) is 0 Å². The molecule has 0 aliphatic rings. The molecule has 0 aliphatic carbocycles. The zero-order valence-corrected chi connectivity index (χ0v) is 10.1. The van der Waals surface area contributed by atoms with E-state index < -0.39 is 11.3 Å². The Morgan fingerprint density at radius 1 is 1.18 bits per heavy atom. The van der Waals surface area contributed by atoms with Crippen LogP contribution in [0.3, 0.4) is 0 Å². The number of benzene rings is 1. The van der Waals surface area contributed by atoms with Crippen LogP contribution in [-0.2, 0) is 11.2 Å². The molecule has 0 saturated carbocycles. The molecule has 0 unspecified atom stereocenters. The number of amides is 1. The minimum Gasteiger partial charge on any atom is -0.465 e. The third-order valence-electron chi connectivity index (χ3n) is 2.36. The molecule has 1 N–H and O–H groups in total. The Morgan fingerprint density at radius 3 is 2.35 bits per heavy atom. The van der Waals surface area contributed by atoms with Gasteiger partial charge in [-0.2, -0.15) is 0 Å². The summed E-state index contributed by atoms with van der Waals surface area (Å²) >= 11 is 5.19. The Kier molecular flexibility index (Phi) is 5.49. The lowest BCUT2D eigenvalue weighted by molar-refractivity contribution is -0.111. The van der Waals surface area contributed by atoms with Crippen molar-refractivity contribution in [2.75, 3.05) is 13.1 Å². The molecule has 17 heavy (non-hydrogen) atoms. The van der Waals surface area contributed by atoms with E-state index >= 15 is 0 Å². The van der Waals surface area contributed by atoms with Crippen molar-refractivity contribution >= 4 is 22.9 Å². The van der Waals surface area contributed by atoms with Crippen molar-refractivity contribution in [1.29, 1.82) is 0 Å². The molecule has 1 amide bonds. The maximum Gasteiger partial charge on any atom is 0.407 e. The quantitative estimate of drug-likeness (QED) is 0.794. The van der Waals surface area contributed by atoms with Gasteiger partial charge in [-0.3, -0.25) is 4.79 Å². The van der Waals surface area contributed by atoms with Crippen LogP contribution in [0.1, 0.15) is 12.0 Å². The first kappa shape index (κ1) is 13.5. The molecule has 0 spiro atoms. The van der Waals surface area contributed by atoms with Gasteiger partial charge in [-0.1, -0.05) is 30.3 Å². The highest BCUT2D eigenvalue weighted by molar-refractivity contribution is 6.63. The molecule has 92 valence electrons. The third kappa shape index (κ3) is 5.36. The second kappa shape index (κ2) is 6.91. The predicted molar refractivity (Wildman–Crippen MR) is 65.2 cm³/mol. The number of carbonyl (C=O) groups is 2. The van der Waals surface area contributed by atoms with Crippen molar-refractivity contribution in [1.82, 2.24) is 4.90 Å². The standard InChI is InChI=1S/C12H14ClNO3/c13-11(15)7-9-14(12(16)17)8-6-10-4-2-1-3-5-10/h1-5H,6-9H2,(H,16,17). The fourth-order valence-electron chi connectivity index (χ4n) is 1.43. The van der Waals surface area contributed by atoms with Gasteiger partial charge in [0.15, 0.2) is 0 Å². The molecule has 0 aromatic heterocycles. The molecular weight excluding hydrogens is 242 g/mol. The molecule has 1 rings (SSSR count). The Hall–Kier alpha value is -1.55. The van der Waals surface area contributed by atoms with Gasteiger partial charge in [0, 0.05) is 19.5 Å². The fraction of sp³-hybridized carbons (Fsp3) is 0.333. The summed E-state index contributed by atoms with van der Waals surface area (Å²) < 4.78 is 0. The van der Waals surface area contributed by atoms with Crippen molar-refractivity contribution in [3.05, 3.63) is 35.9 Å². The van der Waals surface area contributed by atoms with Gasteiger partial charge in [-0.05, 0) is 23.6 Å². The van der Waals surface area contributed by atoms with E-state index in [9.17, 15) is 9.59 Å². The van der Waals surface area contributed by atoms with Gasteiger partial charge in [0.2, 0.25) is 5.24 Å². The molecule has 4 nitrogen and oxygen atoms in total. The first-order valence-corrected chi connectivity index (χ1v) is 5.67. The molecular formula is C12H14ClNO3. The predicted octanol–water partition coefficient (Wildman–Crippen LogP) is 2.36. The normalized spacial score (nSPS) is 9.94. The van der Waals surface area contributed by atoms with Gasteiger partial charge < -0.3 is 10.0 Å². The first-order valence-electron chi connectivity index (χ1n) is 5.29. The number of carboxylic acid groups (broad SMARTS) is 1. The first-order chi connectivity index (χ1) is 8.09. The van der Waals surface area contributed by atoms with Gasteiger partial charge >= 0.3 is 6.09 Å². The number of nitrogens with zero attached hydrogens (tertiary/aromatic N) is 1. The maximum atomic E-state index is 10.9. The summed E-state index contributed by atoms with van der Waals surface area (Å²) in [7, 11) is 0. The fourth-order valence-corrected chi connectivity index (χ4v) is 1.52. The SMILES string of the molecule is O=C(Cl)CCN(CCc1ccccc1)C(=O)O. The van der Waals surface area contributed by atoms with Gasteiger partial charge in [0.1, 0.15) is 0 Å². The zero-order valence-electron chi connectivity index (χ0n) is 9.30. The van der Waals surface area contributed by atoms with Crippen LogP contribution < -0.4 is 0 Å². The van der Waals surface area contributed by atoms with Crippen LogP contribution >= 0.6 is 11.6 Å². The number of rotatable bonds is 6. The molecule has 0 atom stereocenters. The maximum absolute atomic E-state index is 10.9. The van der Waals surface area contributed by atoms with Gasteiger partial charge in [-0.25, -0.2) is 4.79 Å². The van der Waals surface area contributed by atoms with E-state index in [-0.39, 0.29) is 13.0 Å². The summed E-state index contributed by atoms with van der Waals surface area (Å²) in [4.78, 5) is 22.7. The van der Waals surface area contributed by atoms with Crippen LogP contribution in [0, 0.1) is 0 Å². The Bertz CT molecular complexity index is 381. The number of hydrogen-bond donors (Lipinski definition) is 1. The van der Waals surface area contributed by atoms with Crippen molar-refractivity contribution < 1.29 is 14.7 Å². The minimum atomic E-state index is -1.03. The lowest BCUT2D eigenvalue weighted by Gasteiger charge is -2.18. The lowest BCUT2D eigenvalue weighted by atomic mass is 10.1. The van der Waals surface area contributed by atoms with Crippen LogP contribution in [0.25, 0.3) is 0 Å². The van der Waals surface area contributed by atoms with Crippen LogP contribution in [-0.4, -0.2) is 34.4 Å². The highest BCUT2D eigenvalue weighted by atomic mass is 35.5. The smallest absolute Gasteiger partial charge is 0.407 e. The van der Waals surface area contributed by atoms with Crippen molar-refractivity contribution in [2.24, 2.45) is 0 Å². The van der Waals surface area contributed by atoms with E-state index in [0.29, 0.717) is 13.0 Å². The van der Waals surface area contributed by atoms with Crippen molar-refractivity contribution in [3.63, 3.8) is 0 Å². The summed E-state index contributed by atoms with van der Waals surface area (Å²) in [5, 5.41) is 8.42. The topological polar surface area (TPSA) is 57.6 Å². The molecule has 0 heterocycles. The summed E-state index contributed by atoms with van der Waals surface area (Å²) in [6, 6.07) is 9.59. The summed E-state index contributed by atoms with van der Waals surface area (Å²) in [6.45, 7) is 0.508. The van der Waals surface area contributed by atoms with E-state index in [1.165, 1.54) is 4.90 Å². The number of hydrogen-bond acceptors (Lipinski definition) is 2. The Balaban J connectivity index is 2.45. The Morgan fingerprint density at radius 2 is 1.82 bits per heavy atom. The summed E-state index contributed by atoms with van der Waals surface area (Å²) in [5.74, 6) is 0. The second-order valence-electron chi connectivity index (χ2n) is 3.61. The zero-order chi connectivity index (χ0) is 12.7. The van der Waals surface area contributed by atoms with E-state index in [1.54, 1.807) is 0 Å². The number of carbonyl (C=O) groups excluding carboxylic acids is 1. The van der Waals surface area contributed by atoms with Crippen LogP contribution in [0.2, 0.25) is 0 Å². The van der Waals surface area contributed by atoms with Gasteiger partial charge in [0.25, 0.3) is 0 Å². The van der Waals surface area contributed by atoms with E-state index in [1.807, 2.05) is 30.3 Å². The van der Waals surface area contributed by atoms with Crippen LogP contribution in [0.15, 0.2) is 30.3 Å². The van der Waals surface area contributed by atoms with E-state index in [0.717, 1.165) is 5.56 Å². The monoisotopic (exact) mass is 255 g/mol. The van der Waals surface area contributed by atoms with Crippen molar-refractivity contribution in [2.45, 2.75) is 12.8 Å². The largest absolute Gasteiger partial charge is 0.465 e.